The van der Waals surface area contributed by atoms with Crippen LogP contribution in [0, 0.1) is 5.92 Å². The number of hydrogen-bond acceptors (Lipinski definition) is 2. The average Bonchev–Trinajstić information content (AvgIpc) is 1.93. The third-order valence-electron chi connectivity index (χ3n) is 2.01. The normalized spacial score (nSPS) is 32.7. The average molecular weight is 181 g/mol. The summed E-state index contributed by atoms with van der Waals surface area (Å²) >= 11 is 1.74. The minimum Gasteiger partial charge on any atom is -0.327 e. The van der Waals surface area contributed by atoms with E-state index in [1.54, 1.807) is 11.8 Å². The number of halogens is 2. The first-order valence-corrected chi connectivity index (χ1v) is 4.97. The lowest BCUT2D eigenvalue weighted by atomic mass is 9.97. The van der Waals surface area contributed by atoms with Crippen molar-refractivity contribution in [3.05, 3.63) is 0 Å². The second-order valence-electron chi connectivity index (χ2n) is 2.91. The molecule has 0 aromatic rings. The molecule has 11 heavy (non-hydrogen) atoms. The van der Waals surface area contributed by atoms with Gasteiger partial charge in [-0.1, -0.05) is 0 Å². The summed E-state index contributed by atoms with van der Waals surface area (Å²) in [6, 6.07) is 0.00486. The molecule has 4 heteroatoms. The third-order valence-corrected chi connectivity index (χ3v) is 3.20. The van der Waals surface area contributed by atoms with Crippen LogP contribution in [0.1, 0.15) is 12.8 Å². The van der Waals surface area contributed by atoms with E-state index in [9.17, 15) is 8.78 Å². The van der Waals surface area contributed by atoms with Gasteiger partial charge in [-0.25, -0.2) is 8.78 Å². The summed E-state index contributed by atoms with van der Waals surface area (Å²) in [5.41, 5.74) is 5.68. The van der Waals surface area contributed by atoms with Crippen LogP contribution in [0.5, 0.6) is 0 Å². The number of thioether (sulfide) groups is 1. The van der Waals surface area contributed by atoms with Crippen LogP contribution >= 0.6 is 11.8 Å². The highest BCUT2D eigenvalue weighted by Crippen LogP contribution is 2.26. The molecule has 2 unspecified atom stereocenters. The lowest BCUT2D eigenvalue weighted by Crippen LogP contribution is -2.36. The van der Waals surface area contributed by atoms with Gasteiger partial charge in [-0.05, 0) is 23.8 Å². The van der Waals surface area contributed by atoms with Crippen molar-refractivity contribution >= 4 is 11.8 Å². The Morgan fingerprint density at radius 1 is 1.55 bits per heavy atom. The smallest absolute Gasteiger partial charge is 0.239 e. The van der Waals surface area contributed by atoms with E-state index in [0.29, 0.717) is 0 Å². The fraction of sp³-hybridized carbons (Fsp3) is 1.00. The topological polar surface area (TPSA) is 26.0 Å². The first-order valence-electron chi connectivity index (χ1n) is 3.81. The van der Waals surface area contributed by atoms with Gasteiger partial charge in [-0.3, -0.25) is 0 Å². The molecular weight excluding hydrogens is 168 g/mol. The fourth-order valence-electron chi connectivity index (χ4n) is 1.29. The van der Waals surface area contributed by atoms with Crippen LogP contribution in [0.15, 0.2) is 0 Å². The number of alkyl halides is 2. The molecule has 1 rings (SSSR count). The quantitative estimate of drug-likeness (QED) is 0.702. The minimum atomic E-state index is -2.19. The first-order chi connectivity index (χ1) is 5.20. The molecule has 1 fully saturated rings. The van der Waals surface area contributed by atoms with Crippen LogP contribution in [0.4, 0.5) is 8.78 Å². The van der Waals surface area contributed by atoms with Crippen LogP contribution < -0.4 is 5.73 Å². The Morgan fingerprint density at radius 2 is 2.27 bits per heavy atom. The Balaban J connectivity index is 2.29. The predicted octanol–water partition coefficient (Wildman–Crippen LogP) is 1.72. The van der Waals surface area contributed by atoms with Gasteiger partial charge in [0.1, 0.15) is 0 Å². The van der Waals surface area contributed by atoms with E-state index in [-0.39, 0.29) is 18.4 Å². The molecule has 0 amide bonds. The monoisotopic (exact) mass is 181 g/mol. The summed E-state index contributed by atoms with van der Waals surface area (Å²) in [6.45, 7) is 0. The summed E-state index contributed by atoms with van der Waals surface area (Å²) in [6.07, 6.45) is -1.32. The predicted molar refractivity (Wildman–Crippen MR) is 44.0 cm³/mol. The van der Waals surface area contributed by atoms with Gasteiger partial charge >= 0.3 is 0 Å². The zero-order valence-electron chi connectivity index (χ0n) is 6.30. The van der Waals surface area contributed by atoms with Crippen molar-refractivity contribution in [2.75, 3.05) is 11.5 Å². The van der Waals surface area contributed by atoms with Crippen molar-refractivity contribution in [1.29, 1.82) is 0 Å². The number of rotatable bonds is 2. The third kappa shape index (κ3) is 2.95. The standard InChI is InChI=1S/C7H13F2NS/c8-7(9)3-5-4-11-2-1-6(5)10/h5-7H,1-4,10H2. The van der Waals surface area contributed by atoms with Crippen LogP contribution in [-0.2, 0) is 0 Å². The molecule has 0 saturated carbocycles. The van der Waals surface area contributed by atoms with Gasteiger partial charge in [0.25, 0.3) is 0 Å². The van der Waals surface area contributed by atoms with Crippen molar-refractivity contribution in [2.24, 2.45) is 11.7 Å². The first kappa shape index (κ1) is 9.26. The second-order valence-corrected chi connectivity index (χ2v) is 4.06. The van der Waals surface area contributed by atoms with Crippen LogP contribution in [0.2, 0.25) is 0 Å². The molecule has 2 atom stereocenters. The van der Waals surface area contributed by atoms with Gasteiger partial charge in [-0.2, -0.15) is 11.8 Å². The van der Waals surface area contributed by atoms with Crippen molar-refractivity contribution in [2.45, 2.75) is 25.3 Å². The summed E-state index contributed by atoms with van der Waals surface area (Å²) in [5.74, 6) is 1.88. The van der Waals surface area contributed by atoms with Crippen LogP contribution in [0.25, 0.3) is 0 Å². The molecule has 0 aromatic carbocycles. The molecule has 66 valence electrons. The van der Waals surface area contributed by atoms with Crippen molar-refractivity contribution in [3.63, 3.8) is 0 Å². The summed E-state index contributed by atoms with van der Waals surface area (Å²) in [7, 11) is 0. The molecule has 0 aromatic heterocycles. The van der Waals surface area contributed by atoms with Crippen molar-refractivity contribution in [1.82, 2.24) is 0 Å². The zero-order chi connectivity index (χ0) is 8.27. The van der Waals surface area contributed by atoms with Gasteiger partial charge < -0.3 is 5.73 Å². The number of nitrogens with two attached hydrogens (primary N) is 1. The molecule has 1 nitrogen and oxygen atoms in total. The second kappa shape index (κ2) is 4.26. The molecule has 1 aliphatic heterocycles. The van der Waals surface area contributed by atoms with E-state index in [0.717, 1.165) is 17.9 Å². The lowest BCUT2D eigenvalue weighted by Gasteiger charge is -2.27. The molecular formula is C7H13F2NS. The highest BCUT2D eigenvalue weighted by molar-refractivity contribution is 7.99. The maximum Gasteiger partial charge on any atom is 0.239 e. The number of hydrogen-bond donors (Lipinski definition) is 1. The maximum atomic E-state index is 11.9. The van der Waals surface area contributed by atoms with Gasteiger partial charge in [0.15, 0.2) is 0 Å². The Kier molecular flexibility index (Phi) is 3.59. The fourth-order valence-corrected chi connectivity index (χ4v) is 2.58. The summed E-state index contributed by atoms with van der Waals surface area (Å²) in [5, 5.41) is 0. The Labute approximate surface area is 69.7 Å². The van der Waals surface area contributed by atoms with E-state index < -0.39 is 6.43 Å². The van der Waals surface area contributed by atoms with Crippen LogP contribution in [-0.4, -0.2) is 24.0 Å². The minimum absolute atomic E-state index is 0.00486. The van der Waals surface area contributed by atoms with E-state index in [2.05, 4.69) is 0 Å². The highest BCUT2D eigenvalue weighted by atomic mass is 32.2. The van der Waals surface area contributed by atoms with Gasteiger partial charge in [0.05, 0.1) is 0 Å². The van der Waals surface area contributed by atoms with Gasteiger partial charge in [-0.15, -0.1) is 0 Å². The molecule has 0 spiro atoms. The van der Waals surface area contributed by atoms with Crippen LogP contribution in [0.3, 0.4) is 0 Å². The molecule has 1 aliphatic rings. The largest absolute Gasteiger partial charge is 0.327 e. The molecule has 0 bridgehead atoms. The molecule has 0 radical (unpaired) electrons. The zero-order valence-corrected chi connectivity index (χ0v) is 7.12. The van der Waals surface area contributed by atoms with E-state index in [1.807, 2.05) is 0 Å². The van der Waals surface area contributed by atoms with Crippen molar-refractivity contribution in [3.8, 4) is 0 Å². The Hall–Kier alpha value is 0.170. The maximum absolute atomic E-state index is 11.9. The van der Waals surface area contributed by atoms with E-state index in [4.69, 9.17) is 5.73 Å². The van der Waals surface area contributed by atoms with E-state index >= 15 is 0 Å². The van der Waals surface area contributed by atoms with E-state index in [1.165, 1.54) is 0 Å². The SMILES string of the molecule is NC1CCSCC1CC(F)F. The van der Waals surface area contributed by atoms with Gasteiger partial charge in [0, 0.05) is 12.5 Å². The van der Waals surface area contributed by atoms with Gasteiger partial charge in [0.2, 0.25) is 6.43 Å². The Bertz CT molecular complexity index is 121. The Morgan fingerprint density at radius 3 is 2.82 bits per heavy atom. The lowest BCUT2D eigenvalue weighted by molar-refractivity contribution is 0.112. The molecule has 0 aliphatic carbocycles. The molecule has 1 saturated heterocycles. The molecule has 2 N–H and O–H groups in total. The molecule has 1 heterocycles. The van der Waals surface area contributed by atoms with Crippen molar-refractivity contribution < 1.29 is 8.78 Å². The summed E-state index contributed by atoms with van der Waals surface area (Å²) < 4.78 is 23.9. The summed E-state index contributed by atoms with van der Waals surface area (Å²) in [4.78, 5) is 0. The highest BCUT2D eigenvalue weighted by Gasteiger charge is 2.24.